The predicted octanol–water partition coefficient (Wildman–Crippen LogP) is 4.08. The van der Waals surface area contributed by atoms with Crippen molar-refractivity contribution < 1.29 is 0 Å². The smallest absolute Gasteiger partial charge is 0.129 e. The molecule has 5 atom stereocenters. The quantitative estimate of drug-likeness (QED) is 0.833. The fraction of sp³-hybridized carbons (Fsp3) is 0.667. The summed E-state index contributed by atoms with van der Waals surface area (Å²) < 4.78 is 0.954. The average molecular weight is 307 g/mol. The number of hydrogen-bond donors (Lipinski definition) is 1. The number of nitrogens with zero attached hydrogens (tertiary/aromatic N) is 1. The molecular weight excluding hydrogens is 288 g/mol. The Morgan fingerprint density at radius 3 is 2.94 bits per heavy atom. The largest absolute Gasteiger partial charge is 0.380 e. The van der Waals surface area contributed by atoms with Gasteiger partial charge in [0, 0.05) is 12.2 Å². The molecule has 3 saturated carbocycles. The summed E-state index contributed by atoms with van der Waals surface area (Å²) >= 11 is 3.54. The van der Waals surface area contributed by atoms with Crippen molar-refractivity contribution in [2.45, 2.75) is 38.1 Å². The molecule has 4 rings (SSSR count). The minimum Gasteiger partial charge on any atom is -0.380 e. The molecule has 1 aromatic heterocycles. The summed E-state index contributed by atoms with van der Waals surface area (Å²) in [6.07, 6.45) is 9.17. The lowest BCUT2D eigenvalue weighted by Crippen LogP contribution is -2.34. The van der Waals surface area contributed by atoms with Gasteiger partial charge in [0.1, 0.15) is 4.60 Å². The lowest BCUT2D eigenvalue weighted by atomic mass is 9.79. The monoisotopic (exact) mass is 306 g/mol. The molecule has 3 aliphatic rings. The lowest BCUT2D eigenvalue weighted by molar-refractivity contribution is 0.243. The van der Waals surface area contributed by atoms with Crippen LogP contribution in [0.1, 0.15) is 32.1 Å². The molecule has 0 radical (unpaired) electrons. The Hall–Kier alpha value is -0.570. The highest BCUT2D eigenvalue weighted by atomic mass is 79.9. The number of rotatable bonds is 2. The van der Waals surface area contributed by atoms with Crippen molar-refractivity contribution in [3.05, 3.63) is 22.9 Å². The fourth-order valence-corrected chi connectivity index (χ4v) is 5.29. The molecule has 5 unspecified atom stereocenters. The molecule has 3 aliphatic carbocycles. The van der Waals surface area contributed by atoms with Crippen LogP contribution in [0.25, 0.3) is 0 Å². The molecule has 3 fully saturated rings. The summed E-state index contributed by atoms with van der Waals surface area (Å²) in [5, 5.41) is 3.74. The number of anilines is 1. The van der Waals surface area contributed by atoms with E-state index in [1.165, 1.54) is 37.8 Å². The molecule has 1 N–H and O–H groups in total. The third kappa shape index (κ3) is 1.63. The minimum absolute atomic E-state index is 0.690. The van der Waals surface area contributed by atoms with Gasteiger partial charge in [0.05, 0.1) is 5.69 Å². The van der Waals surface area contributed by atoms with Crippen molar-refractivity contribution >= 4 is 21.6 Å². The van der Waals surface area contributed by atoms with E-state index in [2.05, 4.69) is 32.3 Å². The van der Waals surface area contributed by atoms with Gasteiger partial charge in [-0.15, -0.1) is 0 Å². The maximum atomic E-state index is 4.30. The molecule has 0 aliphatic heterocycles. The highest BCUT2D eigenvalue weighted by Crippen LogP contribution is 2.59. The molecule has 0 saturated heterocycles. The normalized spacial score (nSPS) is 41.1. The highest BCUT2D eigenvalue weighted by Gasteiger charge is 2.53. The molecular formula is C15H19BrN2. The van der Waals surface area contributed by atoms with Gasteiger partial charge in [0.15, 0.2) is 0 Å². The van der Waals surface area contributed by atoms with Crippen LogP contribution in [-0.2, 0) is 0 Å². The predicted molar refractivity (Wildman–Crippen MR) is 76.4 cm³/mol. The summed E-state index contributed by atoms with van der Waals surface area (Å²) in [4.78, 5) is 4.30. The highest BCUT2D eigenvalue weighted by molar-refractivity contribution is 9.10. The third-order valence-corrected chi connectivity index (χ3v) is 6.16. The topological polar surface area (TPSA) is 24.9 Å². The molecule has 18 heavy (non-hydrogen) atoms. The zero-order valence-corrected chi connectivity index (χ0v) is 12.1. The van der Waals surface area contributed by atoms with Crippen LogP contribution in [0.4, 0.5) is 5.69 Å². The van der Waals surface area contributed by atoms with Gasteiger partial charge in [-0.05, 0) is 77.4 Å². The van der Waals surface area contributed by atoms with Gasteiger partial charge < -0.3 is 5.32 Å². The Bertz CT molecular complexity index is 462. The van der Waals surface area contributed by atoms with Gasteiger partial charge in [-0.2, -0.15) is 0 Å². The van der Waals surface area contributed by atoms with E-state index in [4.69, 9.17) is 0 Å². The van der Waals surface area contributed by atoms with Gasteiger partial charge >= 0.3 is 0 Å². The standard InChI is InChI=1S/C15H19BrN2/c16-15-13(5-2-6-17-15)18-14-8-9-7-12(14)11-4-1-3-10(9)11/h2,5-6,9-12,14,18H,1,3-4,7-8H2. The number of aromatic nitrogens is 1. The molecule has 1 aromatic rings. The van der Waals surface area contributed by atoms with Crippen LogP contribution in [0, 0.1) is 23.7 Å². The van der Waals surface area contributed by atoms with Crippen molar-refractivity contribution in [2.75, 3.05) is 5.32 Å². The summed E-state index contributed by atoms with van der Waals surface area (Å²) in [5.74, 6) is 4.03. The Labute approximate surface area is 117 Å². The van der Waals surface area contributed by atoms with Crippen molar-refractivity contribution in [2.24, 2.45) is 23.7 Å². The summed E-state index contributed by atoms with van der Waals surface area (Å²) in [5.41, 5.74) is 1.17. The molecule has 2 bridgehead atoms. The average Bonchev–Trinajstić information content (AvgIpc) is 3.03. The first-order chi connectivity index (χ1) is 8.83. The van der Waals surface area contributed by atoms with E-state index in [1.54, 1.807) is 0 Å². The van der Waals surface area contributed by atoms with Gasteiger partial charge in [0.25, 0.3) is 0 Å². The molecule has 1 heterocycles. The number of nitrogens with one attached hydrogen (secondary N) is 1. The number of fused-ring (bicyclic) bond motifs is 5. The van der Waals surface area contributed by atoms with E-state index in [0.29, 0.717) is 6.04 Å². The van der Waals surface area contributed by atoms with Crippen LogP contribution in [-0.4, -0.2) is 11.0 Å². The maximum Gasteiger partial charge on any atom is 0.129 e. The SMILES string of the molecule is Brc1ncccc1NC1CC2CC1C1CCCC21. The van der Waals surface area contributed by atoms with E-state index in [-0.39, 0.29) is 0 Å². The Kier molecular flexibility index (Phi) is 2.65. The van der Waals surface area contributed by atoms with Crippen LogP contribution in [0.3, 0.4) is 0 Å². The number of halogens is 1. The number of pyridine rings is 1. The van der Waals surface area contributed by atoms with Gasteiger partial charge in [-0.3, -0.25) is 0 Å². The van der Waals surface area contributed by atoms with Crippen LogP contribution in [0.15, 0.2) is 22.9 Å². The second kappa shape index (κ2) is 4.22. The molecule has 2 nitrogen and oxygen atoms in total. The van der Waals surface area contributed by atoms with Crippen molar-refractivity contribution in [3.8, 4) is 0 Å². The molecule has 0 amide bonds. The van der Waals surface area contributed by atoms with E-state index < -0.39 is 0 Å². The van der Waals surface area contributed by atoms with Crippen LogP contribution >= 0.6 is 15.9 Å². The van der Waals surface area contributed by atoms with E-state index >= 15 is 0 Å². The third-order valence-electron chi connectivity index (χ3n) is 5.53. The maximum absolute atomic E-state index is 4.30. The number of hydrogen-bond acceptors (Lipinski definition) is 2. The first kappa shape index (κ1) is 11.3. The zero-order valence-electron chi connectivity index (χ0n) is 10.5. The minimum atomic E-state index is 0.690. The van der Waals surface area contributed by atoms with Gasteiger partial charge in [0.2, 0.25) is 0 Å². The lowest BCUT2D eigenvalue weighted by Gasteiger charge is -2.32. The van der Waals surface area contributed by atoms with E-state index in [0.717, 1.165) is 28.3 Å². The van der Waals surface area contributed by atoms with E-state index in [9.17, 15) is 0 Å². The first-order valence-corrected chi connectivity index (χ1v) is 7.99. The van der Waals surface area contributed by atoms with Crippen LogP contribution < -0.4 is 5.32 Å². The molecule has 3 heteroatoms. The second-order valence-electron chi connectivity index (χ2n) is 6.25. The molecule has 0 spiro atoms. The summed E-state index contributed by atoms with van der Waals surface area (Å²) in [6.45, 7) is 0. The Morgan fingerprint density at radius 2 is 2.06 bits per heavy atom. The molecule has 96 valence electrons. The fourth-order valence-electron chi connectivity index (χ4n) is 4.93. The summed E-state index contributed by atoms with van der Waals surface area (Å²) in [7, 11) is 0. The first-order valence-electron chi connectivity index (χ1n) is 7.20. The second-order valence-corrected chi connectivity index (χ2v) is 7.00. The molecule has 0 aromatic carbocycles. The van der Waals surface area contributed by atoms with E-state index in [1.807, 2.05) is 12.3 Å². The van der Waals surface area contributed by atoms with Crippen LogP contribution in [0.5, 0.6) is 0 Å². The van der Waals surface area contributed by atoms with Crippen molar-refractivity contribution in [1.29, 1.82) is 0 Å². The zero-order chi connectivity index (χ0) is 12.1. The Morgan fingerprint density at radius 1 is 1.17 bits per heavy atom. The van der Waals surface area contributed by atoms with Gasteiger partial charge in [-0.25, -0.2) is 4.98 Å². The Balaban J connectivity index is 1.53. The summed E-state index contributed by atoms with van der Waals surface area (Å²) in [6, 6.07) is 4.84. The van der Waals surface area contributed by atoms with Crippen LogP contribution in [0.2, 0.25) is 0 Å². The van der Waals surface area contributed by atoms with Crippen molar-refractivity contribution in [3.63, 3.8) is 0 Å². The van der Waals surface area contributed by atoms with Gasteiger partial charge in [-0.1, -0.05) is 6.42 Å². The van der Waals surface area contributed by atoms with Crippen molar-refractivity contribution in [1.82, 2.24) is 4.98 Å².